The van der Waals surface area contributed by atoms with Crippen LogP contribution in [0.5, 0.6) is 5.88 Å². The van der Waals surface area contributed by atoms with Crippen molar-refractivity contribution in [2.75, 3.05) is 0 Å². The number of carbonyl (C=O) groups excluding carboxylic acids is 1. The third-order valence-corrected chi connectivity index (χ3v) is 1.58. The molecule has 14 heavy (non-hydrogen) atoms. The molecule has 0 spiro atoms. The number of nitrogens with zero attached hydrogens (tertiary/aromatic N) is 3. The first kappa shape index (κ1) is 10.5. The van der Waals surface area contributed by atoms with Crippen molar-refractivity contribution in [1.29, 1.82) is 0 Å². The minimum atomic E-state index is -1.14. The van der Waals surface area contributed by atoms with E-state index in [-0.39, 0.29) is 17.3 Å². The van der Waals surface area contributed by atoms with E-state index in [0.717, 1.165) is 4.68 Å². The zero-order chi connectivity index (χ0) is 10.9. The number of ether oxygens (including phenoxy) is 1. The molecule has 76 valence electrons. The third kappa shape index (κ3) is 1.82. The highest BCUT2D eigenvalue weighted by molar-refractivity contribution is 6.61. The first-order chi connectivity index (χ1) is 6.43. The van der Waals surface area contributed by atoms with Gasteiger partial charge in [-0.3, -0.25) is 10.1 Å². The average molecular weight is 220 g/mol. The van der Waals surface area contributed by atoms with E-state index in [1.165, 1.54) is 14.0 Å². The first-order valence-electron chi connectivity index (χ1n) is 3.48. The van der Waals surface area contributed by atoms with E-state index in [2.05, 4.69) is 9.84 Å². The minimum Gasteiger partial charge on any atom is -0.388 e. The van der Waals surface area contributed by atoms with Crippen molar-refractivity contribution in [2.45, 2.75) is 6.92 Å². The molecule has 1 rings (SSSR count). The third-order valence-electron chi connectivity index (χ3n) is 1.50. The number of aromatic nitrogens is 2. The van der Waals surface area contributed by atoms with Gasteiger partial charge in [-0.2, -0.15) is 5.10 Å². The lowest BCUT2D eigenvalue weighted by atomic mass is 10.4. The van der Waals surface area contributed by atoms with Crippen molar-refractivity contribution in [2.24, 2.45) is 7.05 Å². The van der Waals surface area contributed by atoms with Crippen LogP contribution in [-0.4, -0.2) is 20.1 Å². The standard InChI is InChI=1S/C6H6ClN3O4/c1-3-4(10(12)13)5(9(2)8-3)14-6(7)11/h1-2H3. The van der Waals surface area contributed by atoms with Crippen molar-refractivity contribution >= 4 is 22.7 Å². The minimum absolute atomic E-state index is 0.158. The van der Waals surface area contributed by atoms with E-state index in [9.17, 15) is 14.9 Å². The van der Waals surface area contributed by atoms with E-state index in [1.54, 1.807) is 0 Å². The number of hydrogen-bond donors (Lipinski definition) is 0. The van der Waals surface area contributed by atoms with Gasteiger partial charge >= 0.3 is 17.0 Å². The van der Waals surface area contributed by atoms with E-state index < -0.39 is 10.4 Å². The van der Waals surface area contributed by atoms with Gasteiger partial charge in [0.25, 0.3) is 0 Å². The molecule has 1 aromatic heterocycles. The highest BCUT2D eigenvalue weighted by atomic mass is 35.5. The summed E-state index contributed by atoms with van der Waals surface area (Å²) in [7, 11) is 1.41. The van der Waals surface area contributed by atoms with Crippen molar-refractivity contribution in [3.05, 3.63) is 15.8 Å². The van der Waals surface area contributed by atoms with Gasteiger partial charge < -0.3 is 4.74 Å². The highest BCUT2D eigenvalue weighted by Crippen LogP contribution is 2.29. The van der Waals surface area contributed by atoms with Gasteiger partial charge in [-0.15, -0.1) is 0 Å². The smallest absolute Gasteiger partial charge is 0.388 e. The highest BCUT2D eigenvalue weighted by Gasteiger charge is 2.26. The van der Waals surface area contributed by atoms with Crippen molar-refractivity contribution < 1.29 is 14.5 Å². The predicted octanol–water partition coefficient (Wildman–Crippen LogP) is 1.37. The second-order valence-electron chi connectivity index (χ2n) is 2.46. The van der Waals surface area contributed by atoms with Crippen molar-refractivity contribution in [3.8, 4) is 5.88 Å². The van der Waals surface area contributed by atoms with Crippen LogP contribution in [0, 0.1) is 17.0 Å². The molecule has 0 aliphatic rings. The molecule has 7 nitrogen and oxygen atoms in total. The molecule has 1 heterocycles. The van der Waals surface area contributed by atoms with E-state index in [4.69, 9.17) is 11.6 Å². The number of aryl methyl sites for hydroxylation is 2. The molecule has 0 fully saturated rings. The van der Waals surface area contributed by atoms with Crippen molar-refractivity contribution in [3.63, 3.8) is 0 Å². The normalized spacial score (nSPS) is 9.93. The molecule has 1 aromatic rings. The maximum Gasteiger partial charge on any atom is 0.410 e. The number of nitro groups is 1. The summed E-state index contributed by atoms with van der Waals surface area (Å²) in [6.07, 6.45) is 0. The van der Waals surface area contributed by atoms with E-state index in [0.29, 0.717) is 0 Å². The number of halogens is 1. The zero-order valence-corrected chi connectivity index (χ0v) is 8.11. The van der Waals surface area contributed by atoms with Crippen LogP contribution in [0.3, 0.4) is 0 Å². The van der Waals surface area contributed by atoms with Gasteiger partial charge in [0.15, 0.2) is 0 Å². The van der Waals surface area contributed by atoms with Gasteiger partial charge in [0.05, 0.1) is 4.92 Å². The average Bonchev–Trinajstić information content (AvgIpc) is 2.25. The molecular formula is C6H6ClN3O4. The Balaban J connectivity index is 3.24. The first-order valence-corrected chi connectivity index (χ1v) is 3.86. The van der Waals surface area contributed by atoms with Crippen LogP contribution in [0.1, 0.15) is 5.69 Å². The lowest BCUT2D eigenvalue weighted by molar-refractivity contribution is -0.386. The molecule has 8 heteroatoms. The summed E-state index contributed by atoms with van der Waals surface area (Å²) in [6, 6.07) is 0. The maximum absolute atomic E-state index is 10.6. The Labute approximate surface area is 83.4 Å². The Bertz CT molecular complexity index is 400. The Kier molecular flexibility index (Phi) is 2.70. The fourth-order valence-electron chi connectivity index (χ4n) is 1.03. The van der Waals surface area contributed by atoms with Gasteiger partial charge in [-0.05, 0) is 6.92 Å². The van der Waals surface area contributed by atoms with Crippen LogP contribution < -0.4 is 4.74 Å². The SMILES string of the molecule is Cc1nn(C)c(OC(=O)Cl)c1[N+](=O)[O-]. The predicted molar refractivity (Wildman–Crippen MR) is 46.5 cm³/mol. The van der Waals surface area contributed by atoms with Gasteiger partial charge in [0.1, 0.15) is 5.69 Å². The summed E-state index contributed by atoms with van der Waals surface area (Å²) in [4.78, 5) is 20.3. The fraction of sp³-hybridized carbons (Fsp3) is 0.333. The Morgan fingerprint density at radius 1 is 1.71 bits per heavy atom. The van der Waals surface area contributed by atoms with Crippen LogP contribution in [0.4, 0.5) is 10.5 Å². The second kappa shape index (κ2) is 3.62. The van der Waals surface area contributed by atoms with Gasteiger partial charge in [-0.1, -0.05) is 0 Å². The molecule has 0 atom stereocenters. The van der Waals surface area contributed by atoms with E-state index >= 15 is 0 Å². The molecule has 0 aliphatic carbocycles. The molecule has 0 N–H and O–H groups in total. The molecule has 0 unspecified atom stereocenters. The molecule has 0 saturated heterocycles. The van der Waals surface area contributed by atoms with Crippen LogP contribution in [-0.2, 0) is 7.05 Å². The van der Waals surface area contributed by atoms with E-state index in [1.807, 2.05) is 0 Å². The number of carbonyl (C=O) groups is 1. The Morgan fingerprint density at radius 3 is 2.71 bits per heavy atom. The maximum atomic E-state index is 10.6. The van der Waals surface area contributed by atoms with Gasteiger partial charge in [0, 0.05) is 18.6 Å². The van der Waals surface area contributed by atoms with Crippen LogP contribution in [0.25, 0.3) is 0 Å². The molecular weight excluding hydrogens is 214 g/mol. The fourth-order valence-corrected chi connectivity index (χ4v) is 1.10. The summed E-state index contributed by atoms with van der Waals surface area (Å²) in [5, 5.41) is 14.3. The topological polar surface area (TPSA) is 87.3 Å². The summed E-state index contributed by atoms with van der Waals surface area (Å²) >= 11 is 4.95. The molecule has 0 amide bonds. The summed E-state index contributed by atoms with van der Waals surface area (Å²) in [6.45, 7) is 1.43. The molecule has 0 radical (unpaired) electrons. The summed E-state index contributed by atoms with van der Waals surface area (Å²) in [5.41, 5.74) is -1.34. The van der Waals surface area contributed by atoms with Crippen LogP contribution in [0.2, 0.25) is 0 Å². The van der Waals surface area contributed by atoms with Crippen molar-refractivity contribution in [1.82, 2.24) is 9.78 Å². The lowest BCUT2D eigenvalue weighted by Gasteiger charge is -1.97. The van der Waals surface area contributed by atoms with Crippen LogP contribution >= 0.6 is 11.6 Å². The number of rotatable bonds is 2. The number of hydrogen-bond acceptors (Lipinski definition) is 5. The van der Waals surface area contributed by atoms with Gasteiger partial charge in [-0.25, -0.2) is 9.48 Å². The Hall–Kier alpha value is -1.63. The lowest BCUT2D eigenvalue weighted by Crippen LogP contribution is -2.04. The molecule has 0 saturated carbocycles. The molecule has 0 aliphatic heterocycles. The molecule has 0 aromatic carbocycles. The monoisotopic (exact) mass is 219 g/mol. The van der Waals surface area contributed by atoms with Gasteiger partial charge in [0.2, 0.25) is 0 Å². The zero-order valence-electron chi connectivity index (χ0n) is 7.35. The van der Waals surface area contributed by atoms with Crippen LogP contribution in [0.15, 0.2) is 0 Å². The Morgan fingerprint density at radius 2 is 2.29 bits per heavy atom. The second-order valence-corrected chi connectivity index (χ2v) is 2.77. The molecule has 0 bridgehead atoms. The largest absolute Gasteiger partial charge is 0.410 e. The summed E-state index contributed by atoms with van der Waals surface area (Å²) in [5.74, 6) is -0.271. The summed E-state index contributed by atoms with van der Waals surface area (Å²) < 4.78 is 5.52. The quantitative estimate of drug-likeness (QED) is 0.426.